The molecule has 0 aliphatic heterocycles. The molecule has 5 nitrogen and oxygen atoms in total. The van der Waals surface area contributed by atoms with Gasteiger partial charge in [-0.05, 0) is 78.0 Å². The number of halogens is 2. The Labute approximate surface area is 201 Å². The Balaban J connectivity index is 2.17. The minimum Gasteiger partial charge on any atom is -0.483 e. The number of benzene rings is 2. The van der Waals surface area contributed by atoms with Crippen molar-refractivity contribution >= 4 is 43.7 Å². The molecule has 0 heterocycles. The van der Waals surface area contributed by atoms with Gasteiger partial charge in [0.2, 0.25) is 5.91 Å². The smallest absolute Gasteiger partial charge is 0.261 e. The average Bonchev–Trinajstić information content (AvgIpc) is 2.75. The molecule has 1 N–H and O–H groups in total. The average molecular weight is 554 g/mol. The van der Waals surface area contributed by atoms with Gasteiger partial charge in [0.15, 0.2) is 6.61 Å². The van der Waals surface area contributed by atoms with E-state index in [1.165, 1.54) is 5.56 Å². The lowest BCUT2D eigenvalue weighted by Gasteiger charge is -2.29. The van der Waals surface area contributed by atoms with Crippen molar-refractivity contribution in [2.45, 2.75) is 59.2 Å². The summed E-state index contributed by atoms with van der Waals surface area (Å²) < 4.78 is 7.52. The van der Waals surface area contributed by atoms with Crippen LogP contribution in [-0.2, 0) is 22.6 Å². The van der Waals surface area contributed by atoms with Gasteiger partial charge in [0.1, 0.15) is 11.8 Å². The second kappa shape index (κ2) is 12.2. The molecule has 2 aromatic carbocycles. The third kappa shape index (κ3) is 7.65. The first-order valence-corrected chi connectivity index (χ1v) is 12.1. The minimum atomic E-state index is -0.630. The molecule has 0 fully saturated rings. The molecule has 0 saturated heterocycles. The van der Waals surface area contributed by atoms with E-state index >= 15 is 0 Å². The maximum Gasteiger partial charge on any atom is 0.261 e. The molecular weight excluding hydrogens is 524 g/mol. The summed E-state index contributed by atoms with van der Waals surface area (Å²) in [7, 11) is 0. The van der Waals surface area contributed by atoms with Crippen molar-refractivity contribution in [1.29, 1.82) is 0 Å². The topological polar surface area (TPSA) is 58.6 Å². The summed E-state index contributed by atoms with van der Waals surface area (Å²) in [6.07, 6.45) is 1.74. The van der Waals surface area contributed by atoms with Crippen LogP contribution in [0.1, 0.15) is 45.2 Å². The monoisotopic (exact) mass is 552 g/mol. The third-order valence-corrected chi connectivity index (χ3v) is 6.28. The summed E-state index contributed by atoms with van der Waals surface area (Å²) >= 11 is 6.97. The summed E-state index contributed by atoms with van der Waals surface area (Å²) in [5, 5.41) is 2.97. The van der Waals surface area contributed by atoms with Gasteiger partial charge in [-0.3, -0.25) is 9.59 Å². The van der Waals surface area contributed by atoms with Gasteiger partial charge in [0, 0.05) is 17.1 Å². The first-order chi connectivity index (χ1) is 14.7. The molecule has 168 valence electrons. The molecule has 0 aliphatic rings. The number of carbonyl (C=O) groups is 2. The zero-order valence-corrected chi connectivity index (χ0v) is 21.6. The fourth-order valence-electron chi connectivity index (χ4n) is 2.98. The van der Waals surface area contributed by atoms with Gasteiger partial charge in [-0.1, -0.05) is 48.0 Å². The first kappa shape index (κ1) is 25.4. The Morgan fingerprint density at radius 1 is 1.06 bits per heavy atom. The summed E-state index contributed by atoms with van der Waals surface area (Å²) in [5.41, 5.74) is 2.11. The number of hydrogen-bond acceptors (Lipinski definition) is 3. The number of aryl methyl sites for hydroxylation is 1. The minimum absolute atomic E-state index is 0.0436. The Hall–Kier alpha value is -1.86. The van der Waals surface area contributed by atoms with Crippen LogP contribution in [0.2, 0.25) is 0 Å². The van der Waals surface area contributed by atoms with Crippen LogP contribution in [0.5, 0.6) is 5.75 Å². The van der Waals surface area contributed by atoms with E-state index in [1.54, 1.807) is 11.8 Å². The van der Waals surface area contributed by atoms with Gasteiger partial charge in [0.25, 0.3) is 5.91 Å². The van der Waals surface area contributed by atoms with Crippen molar-refractivity contribution in [2.24, 2.45) is 0 Å². The van der Waals surface area contributed by atoms with Crippen LogP contribution in [-0.4, -0.2) is 35.4 Å². The molecule has 7 heteroatoms. The van der Waals surface area contributed by atoms with Crippen molar-refractivity contribution in [2.75, 3.05) is 6.61 Å². The van der Waals surface area contributed by atoms with Crippen LogP contribution in [0.3, 0.4) is 0 Å². The van der Waals surface area contributed by atoms with Gasteiger partial charge in [-0.25, -0.2) is 0 Å². The predicted octanol–water partition coefficient (Wildman–Crippen LogP) is 5.48. The number of hydrogen-bond donors (Lipinski definition) is 1. The molecule has 0 aromatic heterocycles. The van der Waals surface area contributed by atoms with Gasteiger partial charge in [-0.2, -0.15) is 0 Å². The molecule has 2 atom stereocenters. The lowest BCUT2D eigenvalue weighted by Crippen LogP contribution is -2.50. The maximum absolute atomic E-state index is 13.1. The number of ether oxygens (including phenoxy) is 1. The van der Waals surface area contributed by atoms with Crippen LogP contribution >= 0.6 is 31.9 Å². The van der Waals surface area contributed by atoms with Gasteiger partial charge in [-0.15, -0.1) is 0 Å². The van der Waals surface area contributed by atoms with Crippen LogP contribution in [0, 0.1) is 0 Å². The van der Waals surface area contributed by atoms with E-state index in [1.807, 2.05) is 56.3 Å². The van der Waals surface area contributed by atoms with Crippen LogP contribution in [0.25, 0.3) is 0 Å². The number of carbonyl (C=O) groups excluding carboxylic acids is 2. The predicted molar refractivity (Wildman–Crippen MR) is 131 cm³/mol. The Morgan fingerprint density at radius 3 is 2.42 bits per heavy atom. The summed E-state index contributed by atoms with van der Waals surface area (Å²) in [6.45, 7) is 7.95. The zero-order chi connectivity index (χ0) is 23.0. The van der Waals surface area contributed by atoms with Gasteiger partial charge >= 0.3 is 0 Å². The van der Waals surface area contributed by atoms with Gasteiger partial charge < -0.3 is 15.0 Å². The molecular formula is C24H30Br2N2O3. The molecule has 0 bridgehead atoms. The van der Waals surface area contributed by atoms with Crippen molar-refractivity contribution < 1.29 is 14.3 Å². The highest BCUT2D eigenvalue weighted by Gasteiger charge is 2.27. The number of amides is 2. The van der Waals surface area contributed by atoms with E-state index in [0.717, 1.165) is 27.4 Å². The lowest BCUT2D eigenvalue weighted by molar-refractivity contribution is -0.142. The summed E-state index contributed by atoms with van der Waals surface area (Å²) in [6, 6.07) is 13.0. The molecule has 0 radical (unpaired) electrons. The largest absolute Gasteiger partial charge is 0.483 e. The fraction of sp³-hybridized carbons (Fsp3) is 0.417. The van der Waals surface area contributed by atoms with E-state index < -0.39 is 6.04 Å². The van der Waals surface area contributed by atoms with E-state index in [-0.39, 0.29) is 24.5 Å². The maximum atomic E-state index is 13.1. The van der Waals surface area contributed by atoms with E-state index in [4.69, 9.17) is 4.74 Å². The Kier molecular flexibility index (Phi) is 10.0. The van der Waals surface area contributed by atoms with Gasteiger partial charge in [0.05, 0.1) is 4.47 Å². The molecule has 2 amide bonds. The second-order valence-corrected chi connectivity index (χ2v) is 9.32. The molecule has 0 saturated carbocycles. The molecule has 31 heavy (non-hydrogen) atoms. The van der Waals surface area contributed by atoms with Crippen LogP contribution in [0.4, 0.5) is 0 Å². The van der Waals surface area contributed by atoms with E-state index in [0.29, 0.717) is 12.3 Å². The standard InChI is InChI=1S/C24H30Br2N2O3/c1-5-16(3)27-24(30)17(4)28(14-19-8-7-9-20(25)12-19)23(29)15-31-22-11-10-18(6-2)13-21(22)26/h7-13,16-17H,5-6,14-15H2,1-4H3,(H,27,30)/t16-,17+/m0/s1. The molecule has 2 rings (SSSR count). The second-order valence-electron chi connectivity index (χ2n) is 7.55. The number of rotatable bonds is 10. The summed E-state index contributed by atoms with van der Waals surface area (Å²) in [4.78, 5) is 27.5. The lowest BCUT2D eigenvalue weighted by atomic mass is 10.1. The first-order valence-electron chi connectivity index (χ1n) is 10.5. The summed E-state index contributed by atoms with van der Waals surface area (Å²) in [5.74, 6) is 0.175. The van der Waals surface area contributed by atoms with Crippen molar-refractivity contribution in [3.05, 3.63) is 62.5 Å². The Bertz CT molecular complexity index is 904. The molecule has 2 aromatic rings. The van der Waals surface area contributed by atoms with Crippen LogP contribution in [0.15, 0.2) is 51.4 Å². The molecule has 0 spiro atoms. The fourth-order valence-corrected chi connectivity index (χ4v) is 3.97. The number of nitrogens with zero attached hydrogens (tertiary/aromatic N) is 1. The van der Waals surface area contributed by atoms with Crippen LogP contribution < -0.4 is 10.1 Å². The normalized spacial score (nSPS) is 12.7. The highest BCUT2D eigenvalue weighted by Crippen LogP contribution is 2.26. The zero-order valence-electron chi connectivity index (χ0n) is 18.5. The highest BCUT2D eigenvalue weighted by atomic mass is 79.9. The Morgan fingerprint density at radius 2 is 1.81 bits per heavy atom. The van der Waals surface area contributed by atoms with E-state index in [9.17, 15) is 9.59 Å². The van der Waals surface area contributed by atoms with Crippen molar-refractivity contribution in [1.82, 2.24) is 10.2 Å². The quantitative estimate of drug-likeness (QED) is 0.423. The van der Waals surface area contributed by atoms with Crippen molar-refractivity contribution in [3.63, 3.8) is 0 Å². The van der Waals surface area contributed by atoms with E-state index in [2.05, 4.69) is 44.1 Å². The third-order valence-electron chi connectivity index (χ3n) is 5.17. The van der Waals surface area contributed by atoms with Crippen molar-refractivity contribution in [3.8, 4) is 5.75 Å². The molecule has 0 unspecified atom stereocenters. The molecule has 0 aliphatic carbocycles. The SMILES string of the molecule is CCc1ccc(OCC(=O)N(Cc2cccc(Br)c2)[C@H](C)C(=O)N[C@@H](C)CC)c(Br)c1. The number of nitrogens with one attached hydrogen (secondary N) is 1. The highest BCUT2D eigenvalue weighted by molar-refractivity contribution is 9.10.